The second-order valence-corrected chi connectivity index (χ2v) is 7.45. The number of benzene rings is 2. The number of nitrogens with zero attached hydrogens (tertiary/aromatic N) is 2. The van der Waals surface area contributed by atoms with Crippen LogP contribution in [0.15, 0.2) is 64.0 Å². The smallest absolute Gasteiger partial charge is 0.268 e. The minimum Gasteiger partial charge on any atom is -0.494 e. The molecule has 0 unspecified atom stereocenters. The predicted molar refractivity (Wildman–Crippen MR) is 115 cm³/mol. The lowest BCUT2D eigenvalue weighted by atomic mass is 10.1. The molecule has 3 aromatic rings. The van der Waals surface area contributed by atoms with Gasteiger partial charge in [0.05, 0.1) is 12.3 Å². The average molecular weight is 454 g/mol. The predicted octanol–water partition coefficient (Wildman–Crippen LogP) is 5.52. The highest BCUT2D eigenvalue weighted by Gasteiger charge is 2.13. The fourth-order valence-corrected chi connectivity index (χ4v) is 3.53. The third-order valence-corrected chi connectivity index (χ3v) is 4.96. The molecule has 28 heavy (non-hydrogen) atoms. The molecule has 1 heterocycles. The van der Waals surface area contributed by atoms with E-state index in [-0.39, 0.29) is 5.57 Å². The Morgan fingerprint density at radius 2 is 2.11 bits per heavy atom. The van der Waals surface area contributed by atoms with Crippen LogP contribution in [0.1, 0.15) is 12.5 Å². The third kappa shape index (κ3) is 5.06. The second kappa shape index (κ2) is 9.31. The van der Waals surface area contributed by atoms with Crippen molar-refractivity contribution in [2.45, 2.75) is 6.92 Å². The van der Waals surface area contributed by atoms with Gasteiger partial charge in [-0.3, -0.25) is 10.1 Å². The van der Waals surface area contributed by atoms with Crippen LogP contribution in [0.2, 0.25) is 0 Å². The molecule has 0 saturated heterocycles. The van der Waals surface area contributed by atoms with Crippen molar-refractivity contribution in [3.63, 3.8) is 0 Å². The Kier molecular flexibility index (Phi) is 6.58. The summed E-state index contributed by atoms with van der Waals surface area (Å²) >= 11 is 4.74. The van der Waals surface area contributed by atoms with Gasteiger partial charge >= 0.3 is 0 Å². The summed E-state index contributed by atoms with van der Waals surface area (Å²) in [5.74, 6) is 0.247. The van der Waals surface area contributed by atoms with Crippen LogP contribution < -0.4 is 10.1 Å². The van der Waals surface area contributed by atoms with E-state index in [1.165, 1.54) is 17.4 Å². The molecule has 0 radical (unpaired) electrons. The van der Waals surface area contributed by atoms with Gasteiger partial charge in [-0.15, -0.1) is 11.3 Å². The van der Waals surface area contributed by atoms with Gasteiger partial charge in [0.1, 0.15) is 17.4 Å². The van der Waals surface area contributed by atoms with Gasteiger partial charge in [-0.1, -0.05) is 40.2 Å². The zero-order valence-electron chi connectivity index (χ0n) is 15.0. The molecule has 7 heteroatoms. The molecular weight excluding hydrogens is 438 g/mol. The summed E-state index contributed by atoms with van der Waals surface area (Å²) in [4.78, 5) is 16.9. The summed E-state index contributed by atoms with van der Waals surface area (Å²) in [7, 11) is 0. The van der Waals surface area contributed by atoms with Gasteiger partial charge in [-0.2, -0.15) is 5.26 Å². The monoisotopic (exact) mass is 453 g/mol. The Morgan fingerprint density at radius 1 is 1.32 bits per heavy atom. The van der Waals surface area contributed by atoms with Gasteiger partial charge in [0.2, 0.25) is 0 Å². The summed E-state index contributed by atoms with van der Waals surface area (Å²) in [5, 5.41) is 14.4. The van der Waals surface area contributed by atoms with Gasteiger partial charge in [0.15, 0.2) is 5.13 Å². The van der Waals surface area contributed by atoms with Gasteiger partial charge in [0, 0.05) is 15.4 Å². The summed E-state index contributed by atoms with van der Waals surface area (Å²) in [6, 6.07) is 16.9. The SMILES string of the molecule is CCOc1ccc(/C=C(\C#N)C(=O)Nc2nc(-c3cccc(Br)c3)cs2)cc1. The van der Waals surface area contributed by atoms with E-state index in [1.807, 2.05) is 42.6 Å². The number of hydrogen-bond donors (Lipinski definition) is 1. The number of amides is 1. The number of nitriles is 1. The number of ether oxygens (including phenoxy) is 1. The van der Waals surface area contributed by atoms with Gasteiger partial charge in [-0.25, -0.2) is 4.98 Å². The van der Waals surface area contributed by atoms with Crippen molar-refractivity contribution < 1.29 is 9.53 Å². The summed E-state index contributed by atoms with van der Waals surface area (Å²) in [5.41, 5.74) is 2.44. The molecule has 0 bridgehead atoms. The molecule has 0 aliphatic carbocycles. The number of aromatic nitrogens is 1. The molecule has 0 fully saturated rings. The fraction of sp³-hybridized carbons (Fsp3) is 0.0952. The van der Waals surface area contributed by atoms with Crippen molar-refractivity contribution in [2.75, 3.05) is 11.9 Å². The van der Waals surface area contributed by atoms with E-state index >= 15 is 0 Å². The molecule has 2 aromatic carbocycles. The number of rotatable bonds is 6. The number of carbonyl (C=O) groups excluding carboxylic acids is 1. The quantitative estimate of drug-likeness (QED) is 0.393. The second-order valence-electron chi connectivity index (χ2n) is 5.67. The first kappa shape index (κ1) is 19.8. The molecule has 140 valence electrons. The first-order valence-corrected chi connectivity index (χ1v) is 10.1. The highest BCUT2D eigenvalue weighted by molar-refractivity contribution is 9.10. The number of nitrogens with one attached hydrogen (secondary N) is 1. The fourth-order valence-electron chi connectivity index (χ4n) is 2.42. The van der Waals surface area contributed by atoms with Gasteiger partial charge in [0.25, 0.3) is 5.91 Å². The molecule has 0 atom stereocenters. The van der Waals surface area contributed by atoms with Crippen LogP contribution in [0.5, 0.6) is 5.75 Å². The maximum atomic E-state index is 12.4. The molecular formula is C21H16BrN3O2S. The maximum absolute atomic E-state index is 12.4. The zero-order chi connectivity index (χ0) is 19.9. The minimum absolute atomic E-state index is 0.00312. The number of carbonyl (C=O) groups is 1. The van der Waals surface area contributed by atoms with Crippen molar-refractivity contribution in [2.24, 2.45) is 0 Å². The Hall–Kier alpha value is -2.95. The van der Waals surface area contributed by atoms with Crippen LogP contribution in [0.3, 0.4) is 0 Å². The first-order valence-electron chi connectivity index (χ1n) is 8.46. The Balaban J connectivity index is 1.73. The van der Waals surface area contributed by atoms with Gasteiger partial charge in [-0.05, 0) is 42.8 Å². The number of hydrogen-bond acceptors (Lipinski definition) is 5. The van der Waals surface area contributed by atoms with E-state index in [9.17, 15) is 10.1 Å². The molecule has 1 amide bonds. The largest absolute Gasteiger partial charge is 0.494 e. The van der Waals surface area contributed by atoms with Crippen LogP contribution in [-0.4, -0.2) is 17.5 Å². The number of thiazole rings is 1. The minimum atomic E-state index is -0.494. The summed E-state index contributed by atoms with van der Waals surface area (Å²) in [6.45, 7) is 2.49. The van der Waals surface area contributed by atoms with Crippen LogP contribution >= 0.6 is 27.3 Å². The van der Waals surface area contributed by atoms with Crippen molar-refractivity contribution in [3.8, 4) is 23.1 Å². The normalized spacial score (nSPS) is 11.0. The standard InChI is InChI=1S/C21H16BrN3O2S/c1-2-27-18-8-6-14(7-9-18)10-16(12-23)20(26)25-21-24-19(13-28-21)15-4-3-5-17(22)11-15/h3-11,13H,2H2,1H3,(H,24,25,26)/b16-10+. The lowest BCUT2D eigenvalue weighted by Gasteiger charge is -2.03. The highest BCUT2D eigenvalue weighted by atomic mass is 79.9. The molecule has 0 saturated carbocycles. The van der Waals surface area contributed by atoms with Crippen molar-refractivity contribution >= 4 is 44.4 Å². The van der Waals surface area contributed by atoms with E-state index in [4.69, 9.17) is 4.74 Å². The topological polar surface area (TPSA) is 75.0 Å². The average Bonchev–Trinajstić information content (AvgIpc) is 3.16. The van der Waals surface area contributed by atoms with Crippen molar-refractivity contribution in [3.05, 3.63) is 69.5 Å². The Bertz CT molecular complexity index is 1050. The lowest BCUT2D eigenvalue weighted by molar-refractivity contribution is -0.112. The van der Waals surface area contributed by atoms with E-state index in [0.29, 0.717) is 11.7 Å². The van der Waals surface area contributed by atoms with Gasteiger partial charge < -0.3 is 4.74 Å². The maximum Gasteiger partial charge on any atom is 0.268 e. The number of anilines is 1. The lowest BCUT2D eigenvalue weighted by Crippen LogP contribution is -2.13. The van der Waals surface area contributed by atoms with E-state index in [2.05, 4.69) is 26.2 Å². The number of halogens is 1. The molecule has 1 N–H and O–H groups in total. The van der Waals surface area contributed by atoms with E-state index in [1.54, 1.807) is 24.3 Å². The molecule has 1 aromatic heterocycles. The Morgan fingerprint density at radius 3 is 2.79 bits per heavy atom. The summed E-state index contributed by atoms with van der Waals surface area (Å²) in [6.07, 6.45) is 1.54. The molecule has 0 aliphatic rings. The van der Waals surface area contributed by atoms with Crippen molar-refractivity contribution in [1.29, 1.82) is 5.26 Å². The van der Waals surface area contributed by atoms with Crippen LogP contribution in [0.25, 0.3) is 17.3 Å². The van der Waals surface area contributed by atoms with E-state index < -0.39 is 5.91 Å². The zero-order valence-corrected chi connectivity index (χ0v) is 17.4. The van der Waals surface area contributed by atoms with Crippen LogP contribution in [0.4, 0.5) is 5.13 Å². The van der Waals surface area contributed by atoms with Crippen molar-refractivity contribution in [1.82, 2.24) is 4.98 Å². The molecule has 5 nitrogen and oxygen atoms in total. The third-order valence-electron chi connectivity index (χ3n) is 3.71. The first-order chi connectivity index (χ1) is 13.6. The summed E-state index contributed by atoms with van der Waals surface area (Å²) < 4.78 is 6.34. The molecule has 0 aliphatic heterocycles. The van der Waals surface area contributed by atoms with Crippen LogP contribution in [0, 0.1) is 11.3 Å². The molecule has 0 spiro atoms. The van der Waals surface area contributed by atoms with Crippen LogP contribution in [-0.2, 0) is 4.79 Å². The molecule has 3 rings (SSSR count). The Labute approximate surface area is 175 Å². The van der Waals surface area contributed by atoms with E-state index in [0.717, 1.165) is 27.0 Å². The highest BCUT2D eigenvalue weighted by Crippen LogP contribution is 2.27.